The van der Waals surface area contributed by atoms with E-state index in [2.05, 4.69) is 5.32 Å². The first-order valence-corrected chi connectivity index (χ1v) is 8.12. The Labute approximate surface area is 146 Å². The molecule has 5 heteroatoms. The van der Waals surface area contributed by atoms with E-state index in [1.54, 1.807) is 19.2 Å². The Hall–Kier alpha value is -3.08. The third-order valence-electron chi connectivity index (χ3n) is 4.13. The van der Waals surface area contributed by atoms with Gasteiger partial charge >= 0.3 is 0 Å². The summed E-state index contributed by atoms with van der Waals surface area (Å²) in [6.07, 6.45) is 1.43. The third-order valence-corrected chi connectivity index (χ3v) is 4.13. The number of rotatable bonds is 5. The van der Waals surface area contributed by atoms with Crippen LogP contribution in [0, 0.1) is 0 Å². The van der Waals surface area contributed by atoms with Crippen molar-refractivity contribution in [2.24, 2.45) is 0 Å². The molecule has 128 valence electrons. The number of likely N-dealkylation sites (N-methyl/N-ethyl adjacent to an activating group) is 1. The van der Waals surface area contributed by atoms with Gasteiger partial charge in [0.2, 0.25) is 5.91 Å². The van der Waals surface area contributed by atoms with Gasteiger partial charge in [-0.25, -0.2) is 0 Å². The van der Waals surface area contributed by atoms with Crippen molar-refractivity contribution >= 4 is 22.6 Å². The highest BCUT2D eigenvalue weighted by Crippen LogP contribution is 2.23. The maximum Gasteiger partial charge on any atom is 0.289 e. The van der Waals surface area contributed by atoms with E-state index in [9.17, 15) is 9.59 Å². The molecule has 0 radical (unpaired) electrons. The van der Waals surface area contributed by atoms with Gasteiger partial charge in [-0.1, -0.05) is 42.5 Å². The van der Waals surface area contributed by atoms with E-state index in [4.69, 9.17) is 4.42 Å². The minimum absolute atomic E-state index is 0.0331. The molecule has 1 unspecified atom stereocenters. The molecule has 0 spiro atoms. The number of nitrogens with zero attached hydrogens (tertiary/aromatic N) is 1. The van der Waals surface area contributed by atoms with Crippen molar-refractivity contribution < 1.29 is 14.0 Å². The summed E-state index contributed by atoms with van der Waals surface area (Å²) in [4.78, 5) is 25.8. The lowest BCUT2D eigenvalue weighted by Crippen LogP contribution is -2.39. The zero-order chi connectivity index (χ0) is 17.8. The monoisotopic (exact) mass is 336 g/mol. The van der Waals surface area contributed by atoms with Crippen molar-refractivity contribution in [2.45, 2.75) is 13.0 Å². The molecule has 5 nitrogen and oxygen atoms in total. The number of hydrogen-bond donors (Lipinski definition) is 1. The molecular formula is C20H20N2O3. The van der Waals surface area contributed by atoms with Crippen molar-refractivity contribution in [1.29, 1.82) is 0 Å². The molecular weight excluding hydrogens is 316 g/mol. The van der Waals surface area contributed by atoms with Crippen molar-refractivity contribution in [1.82, 2.24) is 10.2 Å². The van der Waals surface area contributed by atoms with Crippen LogP contribution in [0.1, 0.15) is 29.1 Å². The van der Waals surface area contributed by atoms with E-state index in [1.807, 2.05) is 49.4 Å². The minimum Gasteiger partial charge on any atom is -0.459 e. The Bertz CT molecular complexity index is 882. The van der Waals surface area contributed by atoms with E-state index >= 15 is 0 Å². The lowest BCUT2D eigenvalue weighted by atomic mass is 10.00. The molecule has 2 aromatic carbocycles. The van der Waals surface area contributed by atoms with Gasteiger partial charge in [-0.3, -0.25) is 9.59 Å². The number of amides is 2. The summed E-state index contributed by atoms with van der Waals surface area (Å²) in [7, 11) is 1.58. The second-order valence-corrected chi connectivity index (χ2v) is 6.00. The average Bonchev–Trinajstić information content (AvgIpc) is 3.14. The second kappa shape index (κ2) is 7.21. The smallest absolute Gasteiger partial charge is 0.289 e. The summed E-state index contributed by atoms with van der Waals surface area (Å²) in [5.41, 5.74) is 1.05. The molecule has 0 fully saturated rings. The summed E-state index contributed by atoms with van der Waals surface area (Å²) >= 11 is 0. The van der Waals surface area contributed by atoms with E-state index in [-0.39, 0.29) is 30.2 Å². The standard InChI is InChI=1S/C20H20N2O3/c1-14(16-10-5-8-15-7-3-4-9-17(15)16)21-19(23)13-22(2)20(24)18-11-6-12-25-18/h3-12,14H,13H2,1-2H3,(H,21,23). The van der Waals surface area contributed by atoms with Gasteiger partial charge in [-0.15, -0.1) is 0 Å². The van der Waals surface area contributed by atoms with Crippen molar-refractivity contribution in [2.75, 3.05) is 13.6 Å². The predicted octanol–water partition coefficient (Wildman–Crippen LogP) is 3.38. The lowest BCUT2D eigenvalue weighted by molar-refractivity contribution is -0.122. The topological polar surface area (TPSA) is 62.6 Å². The number of furan rings is 1. The quantitative estimate of drug-likeness (QED) is 0.777. The minimum atomic E-state index is -0.321. The maximum absolute atomic E-state index is 12.3. The molecule has 1 N–H and O–H groups in total. The molecule has 0 bridgehead atoms. The number of hydrogen-bond acceptors (Lipinski definition) is 3. The fourth-order valence-corrected chi connectivity index (χ4v) is 2.87. The molecule has 3 aromatic rings. The molecule has 1 heterocycles. The van der Waals surface area contributed by atoms with Crippen LogP contribution >= 0.6 is 0 Å². The number of benzene rings is 2. The molecule has 3 rings (SSSR count). The highest BCUT2D eigenvalue weighted by molar-refractivity contribution is 5.94. The summed E-state index contributed by atoms with van der Waals surface area (Å²) in [5, 5.41) is 5.20. The first kappa shape index (κ1) is 16.8. The zero-order valence-electron chi connectivity index (χ0n) is 14.2. The molecule has 0 aliphatic rings. The second-order valence-electron chi connectivity index (χ2n) is 6.00. The van der Waals surface area contributed by atoms with Crippen LogP contribution in [-0.2, 0) is 4.79 Å². The molecule has 1 atom stereocenters. The summed E-state index contributed by atoms with van der Waals surface area (Å²) in [5.74, 6) is -0.321. The summed E-state index contributed by atoms with van der Waals surface area (Å²) in [6, 6.07) is 17.1. The number of carbonyl (C=O) groups excluding carboxylic acids is 2. The third kappa shape index (κ3) is 3.71. The van der Waals surface area contributed by atoms with Crippen LogP contribution in [-0.4, -0.2) is 30.3 Å². The van der Waals surface area contributed by atoms with E-state index in [1.165, 1.54) is 11.2 Å². The van der Waals surface area contributed by atoms with Crippen LogP contribution in [0.15, 0.2) is 65.3 Å². The number of carbonyl (C=O) groups is 2. The van der Waals surface area contributed by atoms with Gasteiger partial charge in [-0.2, -0.15) is 0 Å². The normalized spacial score (nSPS) is 11.9. The molecule has 0 aliphatic heterocycles. The molecule has 25 heavy (non-hydrogen) atoms. The number of nitrogens with one attached hydrogen (secondary N) is 1. The summed E-state index contributed by atoms with van der Waals surface area (Å²) in [6.45, 7) is 1.91. The Morgan fingerprint density at radius 2 is 1.84 bits per heavy atom. The van der Waals surface area contributed by atoms with Gasteiger partial charge < -0.3 is 14.6 Å². The van der Waals surface area contributed by atoms with Gasteiger partial charge in [0.05, 0.1) is 18.8 Å². The number of fused-ring (bicyclic) bond motifs is 1. The first-order valence-electron chi connectivity index (χ1n) is 8.12. The lowest BCUT2D eigenvalue weighted by Gasteiger charge is -2.20. The fraction of sp³-hybridized carbons (Fsp3) is 0.200. The van der Waals surface area contributed by atoms with Crippen LogP contribution in [0.2, 0.25) is 0 Å². The summed E-state index contributed by atoms with van der Waals surface area (Å²) < 4.78 is 5.07. The maximum atomic E-state index is 12.3. The van der Waals surface area contributed by atoms with Crippen molar-refractivity contribution in [3.05, 3.63) is 72.2 Å². The van der Waals surface area contributed by atoms with Gasteiger partial charge in [0, 0.05) is 7.05 Å². The first-order chi connectivity index (χ1) is 12.1. The highest BCUT2D eigenvalue weighted by atomic mass is 16.3. The Balaban J connectivity index is 1.67. The Kier molecular flexibility index (Phi) is 4.84. The molecule has 0 saturated heterocycles. The Morgan fingerprint density at radius 1 is 1.08 bits per heavy atom. The van der Waals surface area contributed by atoms with Crippen LogP contribution < -0.4 is 5.32 Å². The van der Waals surface area contributed by atoms with E-state index in [0.29, 0.717) is 0 Å². The molecule has 2 amide bonds. The fourth-order valence-electron chi connectivity index (χ4n) is 2.87. The van der Waals surface area contributed by atoms with Gasteiger partial charge in [-0.05, 0) is 35.4 Å². The highest BCUT2D eigenvalue weighted by Gasteiger charge is 2.19. The van der Waals surface area contributed by atoms with E-state index < -0.39 is 0 Å². The van der Waals surface area contributed by atoms with Crippen molar-refractivity contribution in [3.8, 4) is 0 Å². The zero-order valence-corrected chi connectivity index (χ0v) is 14.2. The SMILES string of the molecule is CC(NC(=O)CN(C)C(=O)c1ccco1)c1cccc2ccccc12. The largest absolute Gasteiger partial charge is 0.459 e. The predicted molar refractivity (Wildman–Crippen MR) is 96.2 cm³/mol. The van der Waals surface area contributed by atoms with Crippen LogP contribution in [0.5, 0.6) is 0 Å². The molecule has 0 saturated carbocycles. The Morgan fingerprint density at radius 3 is 2.60 bits per heavy atom. The van der Waals surface area contributed by atoms with Crippen molar-refractivity contribution in [3.63, 3.8) is 0 Å². The molecule has 1 aromatic heterocycles. The molecule has 0 aliphatic carbocycles. The van der Waals surface area contributed by atoms with Gasteiger partial charge in [0.15, 0.2) is 5.76 Å². The van der Waals surface area contributed by atoms with Crippen LogP contribution in [0.4, 0.5) is 0 Å². The van der Waals surface area contributed by atoms with Crippen LogP contribution in [0.3, 0.4) is 0 Å². The average molecular weight is 336 g/mol. The van der Waals surface area contributed by atoms with Crippen LogP contribution in [0.25, 0.3) is 10.8 Å². The van der Waals surface area contributed by atoms with Gasteiger partial charge in [0.1, 0.15) is 0 Å². The van der Waals surface area contributed by atoms with E-state index in [0.717, 1.165) is 16.3 Å². The van der Waals surface area contributed by atoms with Gasteiger partial charge in [0.25, 0.3) is 5.91 Å².